The zero-order valence-corrected chi connectivity index (χ0v) is 11.7. The second kappa shape index (κ2) is 5.08. The first-order valence-corrected chi connectivity index (χ1v) is 7.29. The van der Waals surface area contributed by atoms with Crippen LogP contribution < -0.4 is 5.32 Å². The van der Waals surface area contributed by atoms with E-state index in [1.807, 2.05) is 0 Å². The van der Waals surface area contributed by atoms with Crippen molar-refractivity contribution in [2.75, 3.05) is 0 Å². The van der Waals surface area contributed by atoms with Gasteiger partial charge in [0.25, 0.3) is 5.91 Å². The molecule has 0 aromatic carbocycles. The summed E-state index contributed by atoms with van der Waals surface area (Å²) in [4.78, 5) is 20.0. The Bertz CT molecular complexity index is 493. The second-order valence-electron chi connectivity index (χ2n) is 5.83. The molecule has 5 heteroatoms. The summed E-state index contributed by atoms with van der Waals surface area (Å²) < 4.78 is 0. The van der Waals surface area contributed by atoms with Crippen molar-refractivity contribution >= 4 is 17.5 Å². The number of fused-ring (bicyclic) bond motifs is 2. The molecule has 1 heterocycles. The molecule has 1 aromatic rings. The van der Waals surface area contributed by atoms with Crippen molar-refractivity contribution in [2.24, 2.45) is 17.8 Å². The predicted octanol–water partition coefficient (Wildman–Crippen LogP) is 2.68. The lowest BCUT2D eigenvalue weighted by Gasteiger charge is -2.28. The second-order valence-corrected chi connectivity index (χ2v) is 6.22. The SMILES string of the molecule is CC(NC(=O)c1cncc(Cl)n1)C1CC2CCC1C2. The van der Waals surface area contributed by atoms with E-state index in [0.717, 1.165) is 11.8 Å². The van der Waals surface area contributed by atoms with Crippen LogP contribution in [-0.2, 0) is 0 Å². The third-order valence-electron chi connectivity index (χ3n) is 4.63. The van der Waals surface area contributed by atoms with Gasteiger partial charge in [-0.05, 0) is 43.9 Å². The lowest BCUT2D eigenvalue weighted by atomic mass is 9.84. The number of nitrogens with one attached hydrogen (secondary N) is 1. The van der Waals surface area contributed by atoms with Crippen LogP contribution in [0.5, 0.6) is 0 Å². The molecule has 0 radical (unpaired) electrons. The van der Waals surface area contributed by atoms with Crippen molar-refractivity contribution in [2.45, 2.75) is 38.6 Å². The third kappa shape index (κ3) is 2.59. The molecule has 2 saturated carbocycles. The van der Waals surface area contributed by atoms with Gasteiger partial charge in [-0.3, -0.25) is 9.78 Å². The largest absolute Gasteiger partial charge is 0.348 e. The van der Waals surface area contributed by atoms with Gasteiger partial charge in [-0.15, -0.1) is 0 Å². The number of rotatable bonds is 3. The Morgan fingerprint density at radius 2 is 2.26 bits per heavy atom. The Labute approximate surface area is 118 Å². The van der Waals surface area contributed by atoms with Gasteiger partial charge in [0.1, 0.15) is 10.8 Å². The predicted molar refractivity (Wildman–Crippen MR) is 72.9 cm³/mol. The topological polar surface area (TPSA) is 54.9 Å². The van der Waals surface area contributed by atoms with E-state index in [-0.39, 0.29) is 17.1 Å². The van der Waals surface area contributed by atoms with E-state index in [9.17, 15) is 4.79 Å². The standard InChI is InChI=1S/C14H18ClN3O/c1-8(11-5-9-2-3-10(11)4-9)17-14(19)12-6-16-7-13(15)18-12/h6-11H,2-5H2,1H3,(H,17,19). The van der Waals surface area contributed by atoms with Crippen molar-refractivity contribution in [3.8, 4) is 0 Å². The smallest absolute Gasteiger partial charge is 0.271 e. The molecule has 19 heavy (non-hydrogen) atoms. The van der Waals surface area contributed by atoms with Gasteiger partial charge >= 0.3 is 0 Å². The first-order chi connectivity index (χ1) is 9.13. The highest BCUT2D eigenvalue weighted by atomic mass is 35.5. The Hall–Kier alpha value is -1.16. The number of nitrogens with zero attached hydrogens (tertiary/aromatic N) is 2. The molecule has 2 bridgehead atoms. The average Bonchev–Trinajstić information content (AvgIpc) is 3.00. The molecule has 4 atom stereocenters. The van der Waals surface area contributed by atoms with Crippen molar-refractivity contribution in [3.63, 3.8) is 0 Å². The van der Waals surface area contributed by atoms with Crippen LogP contribution >= 0.6 is 11.6 Å². The van der Waals surface area contributed by atoms with Crippen molar-refractivity contribution < 1.29 is 4.79 Å². The minimum atomic E-state index is -0.176. The minimum Gasteiger partial charge on any atom is -0.348 e. The van der Waals surface area contributed by atoms with E-state index in [1.54, 1.807) is 0 Å². The molecule has 4 unspecified atom stereocenters. The van der Waals surface area contributed by atoms with Crippen LogP contribution in [0, 0.1) is 17.8 Å². The molecule has 102 valence electrons. The summed E-state index contributed by atoms with van der Waals surface area (Å²) >= 11 is 5.75. The quantitative estimate of drug-likeness (QED) is 0.925. The fraction of sp³-hybridized carbons (Fsp3) is 0.643. The molecule has 1 N–H and O–H groups in total. The van der Waals surface area contributed by atoms with E-state index in [1.165, 1.54) is 38.1 Å². The van der Waals surface area contributed by atoms with Crippen LogP contribution in [0.1, 0.15) is 43.1 Å². The zero-order chi connectivity index (χ0) is 13.4. The van der Waals surface area contributed by atoms with Gasteiger partial charge in [0.05, 0.1) is 12.4 Å². The summed E-state index contributed by atoms with van der Waals surface area (Å²) in [6.45, 7) is 2.10. The summed E-state index contributed by atoms with van der Waals surface area (Å²) in [5.74, 6) is 2.13. The van der Waals surface area contributed by atoms with Gasteiger partial charge in [0, 0.05) is 6.04 Å². The molecular weight excluding hydrogens is 262 g/mol. The number of carbonyl (C=O) groups excluding carboxylic acids is 1. The van der Waals surface area contributed by atoms with E-state index in [4.69, 9.17) is 11.6 Å². The van der Waals surface area contributed by atoms with Crippen LogP contribution in [-0.4, -0.2) is 21.9 Å². The molecule has 0 aliphatic heterocycles. The molecule has 1 amide bonds. The molecule has 2 fully saturated rings. The Morgan fingerprint density at radius 1 is 1.42 bits per heavy atom. The highest BCUT2D eigenvalue weighted by molar-refractivity contribution is 6.29. The number of aromatic nitrogens is 2. The van der Waals surface area contributed by atoms with Gasteiger partial charge in [-0.25, -0.2) is 4.98 Å². The van der Waals surface area contributed by atoms with Gasteiger partial charge in [0.2, 0.25) is 0 Å². The van der Waals surface area contributed by atoms with Crippen LogP contribution in [0.15, 0.2) is 12.4 Å². The van der Waals surface area contributed by atoms with Crippen LogP contribution in [0.25, 0.3) is 0 Å². The third-order valence-corrected chi connectivity index (χ3v) is 4.81. The normalized spacial score (nSPS) is 30.3. The fourth-order valence-electron chi connectivity index (χ4n) is 3.75. The van der Waals surface area contributed by atoms with Crippen molar-refractivity contribution in [1.29, 1.82) is 0 Å². The summed E-state index contributed by atoms with van der Waals surface area (Å²) in [6.07, 6.45) is 8.19. The van der Waals surface area contributed by atoms with Gasteiger partial charge in [-0.1, -0.05) is 18.0 Å². The first kappa shape index (κ1) is 12.9. The van der Waals surface area contributed by atoms with Crippen LogP contribution in [0.2, 0.25) is 5.15 Å². The number of carbonyl (C=O) groups is 1. The highest BCUT2D eigenvalue weighted by Crippen LogP contribution is 2.49. The van der Waals surface area contributed by atoms with Crippen LogP contribution in [0.4, 0.5) is 0 Å². The van der Waals surface area contributed by atoms with Crippen molar-refractivity contribution in [1.82, 2.24) is 15.3 Å². The average molecular weight is 280 g/mol. The summed E-state index contributed by atoms with van der Waals surface area (Å²) in [5.41, 5.74) is 0.294. The highest BCUT2D eigenvalue weighted by Gasteiger charge is 2.42. The van der Waals surface area contributed by atoms with Gasteiger partial charge in [-0.2, -0.15) is 0 Å². The van der Waals surface area contributed by atoms with E-state index >= 15 is 0 Å². The first-order valence-electron chi connectivity index (χ1n) is 6.92. The Kier molecular flexibility index (Phi) is 3.44. The number of hydrogen-bond donors (Lipinski definition) is 1. The molecule has 3 rings (SSSR count). The van der Waals surface area contributed by atoms with Crippen LogP contribution in [0.3, 0.4) is 0 Å². The Balaban J connectivity index is 1.63. The van der Waals surface area contributed by atoms with E-state index in [0.29, 0.717) is 11.6 Å². The summed E-state index contributed by atoms with van der Waals surface area (Å²) in [5, 5.41) is 3.30. The summed E-state index contributed by atoms with van der Waals surface area (Å²) in [7, 11) is 0. The molecule has 2 aliphatic carbocycles. The lowest BCUT2D eigenvalue weighted by Crippen LogP contribution is -2.40. The number of halogens is 1. The maximum Gasteiger partial charge on any atom is 0.271 e. The number of amides is 1. The molecular formula is C14H18ClN3O. The zero-order valence-electron chi connectivity index (χ0n) is 11.0. The van der Waals surface area contributed by atoms with Crippen molar-refractivity contribution in [3.05, 3.63) is 23.2 Å². The molecule has 4 nitrogen and oxygen atoms in total. The van der Waals surface area contributed by atoms with E-state index in [2.05, 4.69) is 22.2 Å². The number of hydrogen-bond acceptors (Lipinski definition) is 3. The summed E-state index contributed by atoms with van der Waals surface area (Å²) in [6, 6.07) is 0.198. The maximum absolute atomic E-state index is 12.1. The Morgan fingerprint density at radius 3 is 2.89 bits per heavy atom. The van der Waals surface area contributed by atoms with Gasteiger partial charge < -0.3 is 5.32 Å². The minimum absolute atomic E-state index is 0.176. The maximum atomic E-state index is 12.1. The molecule has 1 aromatic heterocycles. The molecule has 0 spiro atoms. The fourth-order valence-corrected chi connectivity index (χ4v) is 3.89. The lowest BCUT2D eigenvalue weighted by molar-refractivity contribution is 0.0910. The molecule has 0 saturated heterocycles. The monoisotopic (exact) mass is 279 g/mol. The molecule has 2 aliphatic rings. The van der Waals surface area contributed by atoms with Gasteiger partial charge in [0.15, 0.2) is 0 Å². The van der Waals surface area contributed by atoms with E-state index < -0.39 is 0 Å².